The van der Waals surface area contributed by atoms with E-state index in [1.165, 1.54) is 7.05 Å². The Balaban J connectivity index is 2.64. The average Bonchev–Trinajstić information content (AvgIpc) is 2.28. The first-order valence-corrected chi connectivity index (χ1v) is 5.41. The van der Waals surface area contributed by atoms with Crippen LogP contribution in [-0.2, 0) is 9.84 Å². The third-order valence-corrected chi connectivity index (χ3v) is 3.81. The maximum Gasteiger partial charge on any atom is 0.407 e. The molecule has 0 aromatic rings. The zero-order chi connectivity index (χ0) is 9.35. The van der Waals surface area contributed by atoms with E-state index in [1.54, 1.807) is 0 Å². The highest BCUT2D eigenvalue weighted by Crippen LogP contribution is 2.16. The summed E-state index contributed by atoms with van der Waals surface area (Å²) in [5.74, 6) is 0.0745. The van der Waals surface area contributed by atoms with Crippen molar-refractivity contribution in [3.05, 3.63) is 0 Å². The van der Waals surface area contributed by atoms with Gasteiger partial charge >= 0.3 is 6.09 Å². The molecule has 0 aromatic heterocycles. The summed E-state index contributed by atoms with van der Waals surface area (Å²) in [4.78, 5) is 11.5. The highest BCUT2D eigenvalue weighted by Gasteiger charge is 2.32. The van der Waals surface area contributed by atoms with E-state index in [2.05, 4.69) is 0 Å². The second-order valence-corrected chi connectivity index (χ2v) is 5.18. The summed E-state index contributed by atoms with van der Waals surface area (Å²) in [5, 5.41) is 8.54. The number of hydrogen-bond acceptors (Lipinski definition) is 3. The molecule has 0 spiro atoms. The van der Waals surface area contributed by atoms with E-state index < -0.39 is 15.9 Å². The number of nitrogens with zero attached hydrogens (tertiary/aromatic N) is 1. The van der Waals surface area contributed by atoms with Crippen LogP contribution in [0.25, 0.3) is 0 Å². The predicted molar refractivity (Wildman–Crippen MR) is 42.8 cm³/mol. The van der Waals surface area contributed by atoms with Gasteiger partial charge in [-0.25, -0.2) is 13.2 Å². The molecule has 1 N–H and O–H groups in total. The average molecular weight is 193 g/mol. The normalized spacial score (nSPS) is 26.9. The van der Waals surface area contributed by atoms with Crippen molar-refractivity contribution in [3.8, 4) is 0 Å². The van der Waals surface area contributed by atoms with Crippen molar-refractivity contribution in [1.82, 2.24) is 4.90 Å². The van der Waals surface area contributed by atoms with Gasteiger partial charge in [-0.05, 0) is 6.42 Å². The van der Waals surface area contributed by atoms with Crippen LogP contribution in [0.3, 0.4) is 0 Å². The Morgan fingerprint density at radius 1 is 1.58 bits per heavy atom. The van der Waals surface area contributed by atoms with Gasteiger partial charge in [-0.15, -0.1) is 0 Å². The maximum absolute atomic E-state index is 10.9. The summed E-state index contributed by atoms with van der Waals surface area (Å²) in [6, 6.07) is -0.354. The maximum atomic E-state index is 10.9. The van der Waals surface area contributed by atoms with Crippen LogP contribution in [0.4, 0.5) is 4.79 Å². The molecule has 1 amide bonds. The Hall–Kier alpha value is -0.780. The first-order chi connectivity index (χ1) is 5.42. The summed E-state index contributed by atoms with van der Waals surface area (Å²) < 4.78 is 21.9. The van der Waals surface area contributed by atoms with Gasteiger partial charge in [0.25, 0.3) is 0 Å². The third kappa shape index (κ3) is 1.88. The van der Waals surface area contributed by atoms with E-state index in [0.29, 0.717) is 6.42 Å². The number of carboxylic acid groups (broad SMARTS) is 1. The van der Waals surface area contributed by atoms with Gasteiger partial charge in [-0.3, -0.25) is 0 Å². The molecule has 0 radical (unpaired) electrons. The molecule has 6 heteroatoms. The van der Waals surface area contributed by atoms with Gasteiger partial charge in [0.1, 0.15) is 0 Å². The second-order valence-electron chi connectivity index (χ2n) is 2.95. The number of hydrogen-bond donors (Lipinski definition) is 1. The van der Waals surface area contributed by atoms with Gasteiger partial charge in [0.15, 0.2) is 9.84 Å². The molecule has 70 valence electrons. The fourth-order valence-electron chi connectivity index (χ4n) is 1.24. The van der Waals surface area contributed by atoms with E-state index in [9.17, 15) is 13.2 Å². The van der Waals surface area contributed by atoms with Crippen LogP contribution in [0.1, 0.15) is 6.42 Å². The Bertz CT molecular complexity index is 284. The molecule has 1 rings (SSSR count). The topological polar surface area (TPSA) is 74.7 Å². The molecule has 1 fully saturated rings. The van der Waals surface area contributed by atoms with Crippen molar-refractivity contribution < 1.29 is 18.3 Å². The lowest BCUT2D eigenvalue weighted by Crippen LogP contribution is -2.36. The van der Waals surface area contributed by atoms with Gasteiger partial charge in [0, 0.05) is 13.1 Å². The molecule has 1 aliphatic rings. The fraction of sp³-hybridized carbons (Fsp3) is 0.833. The van der Waals surface area contributed by atoms with Crippen molar-refractivity contribution in [3.63, 3.8) is 0 Å². The van der Waals surface area contributed by atoms with Crippen LogP contribution in [0.5, 0.6) is 0 Å². The first kappa shape index (κ1) is 9.31. The van der Waals surface area contributed by atoms with Crippen LogP contribution in [-0.4, -0.2) is 49.1 Å². The number of amides is 1. The SMILES string of the molecule is CN(C(=O)O)C1CCS(=O)(=O)C1. The minimum atomic E-state index is -2.98. The lowest BCUT2D eigenvalue weighted by Gasteiger charge is -2.18. The Kier molecular flexibility index (Phi) is 2.27. The van der Waals surface area contributed by atoms with Crippen LogP contribution in [0.2, 0.25) is 0 Å². The molecule has 1 saturated heterocycles. The molecule has 12 heavy (non-hydrogen) atoms. The van der Waals surface area contributed by atoms with E-state index >= 15 is 0 Å². The molecule has 0 aromatic carbocycles. The zero-order valence-corrected chi connectivity index (χ0v) is 7.54. The largest absolute Gasteiger partial charge is 0.465 e. The molecule has 1 heterocycles. The molecule has 0 aliphatic carbocycles. The van der Waals surface area contributed by atoms with Crippen molar-refractivity contribution in [2.45, 2.75) is 12.5 Å². The fourth-order valence-corrected chi connectivity index (χ4v) is 3.01. The molecule has 0 bridgehead atoms. The lowest BCUT2D eigenvalue weighted by atomic mass is 10.2. The Labute approximate surface area is 70.9 Å². The van der Waals surface area contributed by atoms with Crippen molar-refractivity contribution >= 4 is 15.9 Å². The quantitative estimate of drug-likeness (QED) is 0.625. The molecule has 5 nitrogen and oxygen atoms in total. The van der Waals surface area contributed by atoms with Crippen LogP contribution in [0, 0.1) is 0 Å². The zero-order valence-electron chi connectivity index (χ0n) is 6.73. The summed E-state index contributed by atoms with van der Waals surface area (Å²) >= 11 is 0. The first-order valence-electron chi connectivity index (χ1n) is 3.58. The Morgan fingerprint density at radius 2 is 2.17 bits per heavy atom. The monoisotopic (exact) mass is 193 g/mol. The summed E-state index contributed by atoms with van der Waals surface area (Å²) in [6.07, 6.45) is -0.650. The van der Waals surface area contributed by atoms with Gasteiger partial charge in [-0.1, -0.05) is 0 Å². The van der Waals surface area contributed by atoms with Gasteiger partial charge in [0.05, 0.1) is 11.5 Å². The summed E-state index contributed by atoms with van der Waals surface area (Å²) in [6.45, 7) is 0. The highest BCUT2D eigenvalue weighted by molar-refractivity contribution is 7.91. The highest BCUT2D eigenvalue weighted by atomic mass is 32.2. The predicted octanol–water partition coefficient (Wildman–Crippen LogP) is -0.217. The minimum Gasteiger partial charge on any atom is -0.465 e. The molecular weight excluding hydrogens is 182 g/mol. The number of rotatable bonds is 1. The van der Waals surface area contributed by atoms with E-state index in [-0.39, 0.29) is 17.5 Å². The van der Waals surface area contributed by atoms with Gasteiger partial charge < -0.3 is 10.0 Å². The minimum absolute atomic E-state index is 0.0319. The second kappa shape index (κ2) is 2.93. The summed E-state index contributed by atoms with van der Waals surface area (Å²) in [7, 11) is -1.58. The van der Waals surface area contributed by atoms with Crippen LogP contribution in [0.15, 0.2) is 0 Å². The molecule has 0 saturated carbocycles. The molecule has 1 aliphatic heterocycles. The van der Waals surface area contributed by atoms with Crippen molar-refractivity contribution in [2.24, 2.45) is 0 Å². The van der Waals surface area contributed by atoms with E-state index in [1.807, 2.05) is 0 Å². The van der Waals surface area contributed by atoms with E-state index in [0.717, 1.165) is 4.90 Å². The van der Waals surface area contributed by atoms with Crippen molar-refractivity contribution in [1.29, 1.82) is 0 Å². The third-order valence-electron chi connectivity index (χ3n) is 2.06. The summed E-state index contributed by atoms with van der Waals surface area (Å²) in [5.41, 5.74) is 0. The lowest BCUT2D eigenvalue weighted by molar-refractivity contribution is 0.143. The smallest absolute Gasteiger partial charge is 0.407 e. The number of sulfone groups is 1. The van der Waals surface area contributed by atoms with E-state index in [4.69, 9.17) is 5.11 Å². The van der Waals surface area contributed by atoms with Gasteiger partial charge in [0.2, 0.25) is 0 Å². The number of carbonyl (C=O) groups is 1. The standard InChI is InChI=1S/C6H11NO4S/c1-7(6(8)9)5-2-3-12(10,11)4-5/h5H,2-4H2,1H3,(H,8,9). The van der Waals surface area contributed by atoms with Crippen molar-refractivity contribution in [2.75, 3.05) is 18.6 Å². The molecule has 1 unspecified atom stereocenters. The van der Waals surface area contributed by atoms with Gasteiger partial charge in [-0.2, -0.15) is 0 Å². The molecule has 1 atom stereocenters. The van der Waals surface area contributed by atoms with Crippen LogP contribution < -0.4 is 0 Å². The van der Waals surface area contributed by atoms with Crippen LogP contribution >= 0.6 is 0 Å². The Morgan fingerprint density at radius 3 is 2.50 bits per heavy atom. The molecular formula is C6H11NO4S.